The number of rotatable bonds is 5. The molecule has 1 fully saturated rings. The Kier molecular flexibility index (Phi) is 5.56. The molecule has 3 aromatic rings. The van der Waals surface area contributed by atoms with Crippen LogP contribution in [0.15, 0.2) is 63.4 Å². The van der Waals surface area contributed by atoms with Gasteiger partial charge in [0.2, 0.25) is 0 Å². The van der Waals surface area contributed by atoms with Gasteiger partial charge in [-0.15, -0.1) is 0 Å². The Morgan fingerprint density at radius 1 is 1.28 bits per heavy atom. The van der Waals surface area contributed by atoms with E-state index in [0.29, 0.717) is 12.0 Å². The molecule has 0 spiro atoms. The molecule has 1 aliphatic heterocycles. The average Bonchev–Trinajstić information content (AvgIpc) is 3.12. The van der Waals surface area contributed by atoms with Crippen molar-refractivity contribution in [3.8, 4) is 0 Å². The second-order valence-electron chi connectivity index (χ2n) is 6.90. The molecular weight excluding hydrogens is 437 g/mol. The third-order valence-corrected chi connectivity index (χ3v) is 7.45. The molecule has 148 valence electrons. The van der Waals surface area contributed by atoms with Crippen molar-refractivity contribution in [1.82, 2.24) is 9.55 Å². The normalized spacial score (nSPS) is 21.2. The number of nitrogens with one attached hydrogen (secondary N) is 1. The Hall–Kier alpha value is -2.83. The van der Waals surface area contributed by atoms with Gasteiger partial charge in [0.05, 0.1) is 0 Å². The second kappa shape index (κ2) is 8.27. The van der Waals surface area contributed by atoms with Gasteiger partial charge in [-0.1, -0.05) is 0 Å². The zero-order valence-corrected chi connectivity index (χ0v) is 17.4. The molecule has 1 aliphatic rings. The van der Waals surface area contributed by atoms with Crippen LogP contribution in [0.25, 0.3) is 21.2 Å². The summed E-state index contributed by atoms with van der Waals surface area (Å²) in [7, 11) is 0. The third kappa shape index (κ3) is 3.99. The molecule has 29 heavy (non-hydrogen) atoms. The van der Waals surface area contributed by atoms with Crippen molar-refractivity contribution < 1.29 is 4.74 Å². The topological polar surface area (TPSA) is 113 Å². The van der Waals surface area contributed by atoms with Crippen LogP contribution in [0.5, 0.6) is 0 Å². The van der Waals surface area contributed by atoms with Crippen molar-refractivity contribution in [2.24, 2.45) is 5.11 Å². The summed E-state index contributed by atoms with van der Waals surface area (Å²) in [5.74, 6) is 0. The van der Waals surface area contributed by atoms with Gasteiger partial charge in [0.15, 0.2) is 0 Å². The van der Waals surface area contributed by atoms with Gasteiger partial charge in [-0.2, -0.15) is 0 Å². The van der Waals surface area contributed by atoms with E-state index in [9.17, 15) is 9.59 Å². The van der Waals surface area contributed by atoms with Gasteiger partial charge in [-0.05, 0) is 0 Å². The van der Waals surface area contributed by atoms with Crippen LogP contribution in [0.1, 0.15) is 18.2 Å². The number of ether oxygens (including phenoxy) is 1. The molecule has 0 bridgehead atoms. The number of aryl methyl sites for hydroxylation is 1. The summed E-state index contributed by atoms with van der Waals surface area (Å²) in [6.45, 7) is 1.63. The van der Waals surface area contributed by atoms with Gasteiger partial charge >= 0.3 is 172 Å². The fourth-order valence-electron chi connectivity index (χ4n) is 3.52. The number of aromatic nitrogens is 2. The van der Waals surface area contributed by atoms with E-state index in [1.807, 2.05) is 18.2 Å². The fourth-order valence-corrected chi connectivity index (χ4v) is 5.95. The van der Waals surface area contributed by atoms with Gasteiger partial charge in [-0.25, -0.2) is 0 Å². The summed E-state index contributed by atoms with van der Waals surface area (Å²) in [5, 5.41) is 7.04. The summed E-state index contributed by atoms with van der Waals surface area (Å²) < 4.78 is 8.75. The van der Waals surface area contributed by atoms with Crippen molar-refractivity contribution in [3.63, 3.8) is 0 Å². The SMILES string of the molecule is Cc1cn([C@H]2C[C@H](N=[N+]=[N-])[C@@H](C[Se]c3cccc4ccccc34)O2)c(=O)[nH]c1=O. The molecule has 2 heterocycles. The Labute approximate surface area is 172 Å². The zero-order chi connectivity index (χ0) is 20.4. The van der Waals surface area contributed by atoms with E-state index in [1.165, 1.54) is 26.0 Å². The van der Waals surface area contributed by atoms with Gasteiger partial charge in [0.1, 0.15) is 0 Å². The van der Waals surface area contributed by atoms with Crippen LogP contribution in [-0.4, -0.2) is 36.7 Å². The Bertz CT molecular complexity index is 1210. The molecule has 0 radical (unpaired) electrons. The summed E-state index contributed by atoms with van der Waals surface area (Å²) in [5.41, 5.74) is 8.45. The number of benzene rings is 2. The molecular formula is C20H19N5O3Se. The minimum atomic E-state index is -0.568. The average molecular weight is 456 g/mol. The van der Waals surface area contributed by atoms with E-state index in [1.54, 1.807) is 6.92 Å². The van der Waals surface area contributed by atoms with Crippen molar-refractivity contribution in [3.05, 3.63) is 85.5 Å². The van der Waals surface area contributed by atoms with E-state index in [0.717, 1.165) is 5.32 Å². The van der Waals surface area contributed by atoms with E-state index in [4.69, 9.17) is 10.3 Å². The molecule has 1 saturated heterocycles. The first-order chi connectivity index (χ1) is 14.1. The van der Waals surface area contributed by atoms with Gasteiger partial charge < -0.3 is 0 Å². The van der Waals surface area contributed by atoms with Gasteiger partial charge in [0, 0.05) is 0 Å². The number of hydrogen-bond acceptors (Lipinski definition) is 4. The predicted octanol–water partition coefficient (Wildman–Crippen LogP) is 2.41. The number of azide groups is 1. The molecule has 9 heteroatoms. The molecule has 3 atom stereocenters. The second-order valence-corrected chi connectivity index (χ2v) is 9.13. The molecule has 4 rings (SSSR count). The Balaban J connectivity index is 1.56. The van der Waals surface area contributed by atoms with E-state index in [-0.39, 0.29) is 27.1 Å². The molecule has 0 aliphatic carbocycles. The predicted molar refractivity (Wildman–Crippen MR) is 112 cm³/mol. The summed E-state index contributed by atoms with van der Waals surface area (Å²) in [6.07, 6.45) is 1.04. The number of H-pyrrole nitrogens is 1. The molecule has 0 saturated carbocycles. The first-order valence-corrected chi connectivity index (χ1v) is 11.3. The number of aromatic amines is 1. The first-order valence-electron chi connectivity index (χ1n) is 9.19. The first kappa shape index (κ1) is 19.5. The van der Waals surface area contributed by atoms with E-state index < -0.39 is 17.5 Å². The Morgan fingerprint density at radius 3 is 2.90 bits per heavy atom. The van der Waals surface area contributed by atoms with Crippen LogP contribution < -0.4 is 15.7 Å². The fraction of sp³-hybridized carbons (Fsp3) is 0.300. The van der Waals surface area contributed by atoms with Crippen LogP contribution in [-0.2, 0) is 4.74 Å². The van der Waals surface area contributed by atoms with Crippen molar-refractivity contribution in [2.45, 2.75) is 37.0 Å². The van der Waals surface area contributed by atoms with Crippen LogP contribution in [0, 0.1) is 6.92 Å². The Morgan fingerprint density at radius 2 is 2.07 bits per heavy atom. The summed E-state index contributed by atoms with van der Waals surface area (Å²) in [4.78, 5) is 29.1. The molecule has 0 unspecified atom stereocenters. The quantitative estimate of drug-likeness (QED) is 0.275. The zero-order valence-electron chi connectivity index (χ0n) is 15.7. The minimum absolute atomic E-state index is 0.107. The summed E-state index contributed by atoms with van der Waals surface area (Å²) >= 11 is 0.107. The summed E-state index contributed by atoms with van der Waals surface area (Å²) in [6, 6.07) is 14.1. The molecule has 2 aromatic carbocycles. The molecule has 8 nitrogen and oxygen atoms in total. The number of fused-ring (bicyclic) bond motifs is 1. The number of nitrogens with zero attached hydrogens (tertiary/aromatic N) is 4. The van der Waals surface area contributed by atoms with Crippen molar-refractivity contribution in [2.75, 3.05) is 0 Å². The number of hydrogen-bond donors (Lipinski definition) is 1. The van der Waals surface area contributed by atoms with Gasteiger partial charge in [0.25, 0.3) is 0 Å². The van der Waals surface area contributed by atoms with E-state index in [2.05, 4.69) is 39.3 Å². The van der Waals surface area contributed by atoms with Crippen LogP contribution in [0.3, 0.4) is 0 Å². The monoisotopic (exact) mass is 457 g/mol. The van der Waals surface area contributed by atoms with Crippen LogP contribution in [0.4, 0.5) is 0 Å². The third-order valence-electron chi connectivity index (χ3n) is 5.01. The van der Waals surface area contributed by atoms with E-state index >= 15 is 0 Å². The van der Waals surface area contributed by atoms with Crippen LogP contribution in [0.2, 0.25) is 5.32 Å². The molecule has 1 aromatic heterocycles. The maximum atomic E-state index is 12.2. The van der Waals surface area contributed by atoms with Crippen LogP contribution >= 0.6 is 0 Å². The molecule has 0 amide bonds. The van der Waals surface area contributed by atoms with Gasteiger partial charge in [-0.3, -0.25) is 0 Å². The molecule has 1 N–H and O–H groups in total. The van der Waals surface area contributed by atoms with Crippen molar-refractivity contribution >= 4 is 30.2 Å². The van der Waals surface area contributed by atoms with Crippen molar-refractivity contribution in [1.29, 1.82) is 0 Å². The standard InChI is InChI=1S/C20H19N5O3Se/c1-12-10-25(20(27)22-19(12)26)18-9-15(23-24-21)16(28-18)11-29-17-8-4-6-13-5-2-3-7-14(13)17/h2-8,10,15-16,18H,9,11H2,1H3,(H,22,26,27)/t15-,16+,18+/m0/s1. The maximum absolute atomic E-state index is 12.2.